The zero-order valence-corrected chi connectivity index (χ0v) is 19.3. The van der Waals surface area contributed by atoms with Crippen molar-refractivity contribution in [3.8, 4) is 5.75 Å². The SMILES string of the molecule is O=C(N[C@@H](c1ccc(Cl)cc1)c1ccncc1F)C1CCN(CCOc2ccccc2F)CC1. The summed E-state index contributed by atoms with van der Waals surface area (Å²) >= 11 is 6.01. The Hall–Kier alpha value is -3.03. The van der Waals surface area contributed by atoms with Gasteiger partial charge in [0, 0.05) is 29.2 Å². The molecular formula is C26H26ClF2N3O2. The fraction of sp³-hybridized carbons (Fsp3) is 0.308. The van der Waals surface area contributed by atoms with Gasteiger partial charge in [-0.2, -0.15) is 0 Å². The standard InChI is InChI=1S/C26H26ClF2N3O2/c27-20-7-5-18(6-8-20)25(21-9-12-30-17-23(21)29)31-26(33)19-10-13-32(14-11-19)15-16-34-24-4-2-1-3-22(24)28/h1-9,12,17,19,25H,10-11,13-16H2,(H,31,33)/t25-/m0/s1. The van der Waals surface area contributed by atoms with Crippen LogP contribution < -0.4 is 10.1 Å². The fourth-order valence-electron chi connectivity index (χ4n) is 4.14. The van der Waals surface area contributed by atoms with Gasteiger partial charge in [0.1, 0.15) is 12.4 Å². The van der Waals surface area contributed by atoms with Crippen LogP contribution in [0.1, 0.15) is 30.0 Å². The van der Waals surface area contributed by atoms with Crippen molar-refractivity contribution < 1.29 is 18.3 Å². The van der Waals surface area contributed by atoms with E-state index in [0.717, 1.165) is 24.8 Å². The van der Waals surface area contributed by atoms with Crippen LogP contribution in [-0.2, 0) is 4.79 Å². The number of piperidine rings is 1. The van der Waals surface area contributed by atoms with Crippen LogP contribution in [0.5, 0.6) is 5.75 Å². The van der Waals surface area contributed by atoms with Gasteiger partial charge in [-0.15, -0.1) is 0 Å². The molecule has 0 radical (unpaired) electrons. The number of hydrogen-bond acceptors (Lipinski definition) is 4. The van der Waals surface area contributed by atoms with E-state index in [1.165, 1.54) is 12.3 Å². The Morgan fingerprint density at radius 2 is 1.82 bits per heavy atom. The van der Waals surface area contributed by atoms with E-state index in [9.17, 15) is 13.6 Å². The highest BCUT2D eigenvalue weighted by Crippen LogP contribution is 2.27. The molecule has 1 aromatic heterocycles. The van der Waals surface area contributed by atoms with Gasteiger partial charge in [0.2, 0.25) is 5.91 Å². The molecule has 0 unspecified atom stereocenters. The summed E-state index contributed by atoms with van der Waals surface area (Å²) < 4.78 is 33.7. The number of carbonyl (C=O) groups excluding carboxylic acids is 1. The molecule has 1 atom stereocenters. The van der Waals surface area contributed by atoms with Crippen LogP contribution in [0.15, 0.2) is 67.0 Å². The van der Waals surface area contributed by atoms with Crippen molar-refractivity contribution in [2.24, 2.45) is 5.92 Å². The van der Waals surface area contributed by atoms with E-state index in [2.05, 4.69) is 15.2 Å². The molecule has 8 heteroatoms. The highest BCUT2D eigenvalue weighted by Gasteiger charge is 2.28. The van der Waals surface area contributed by atoms with Crippen molar-refractivity contribution in [1.82, 2.24) is 15.2 Å². The lowest BCUT2D eigenvalue weighted by molar-refractivity contribution is -0.127. The van der Waals surface area contributed by atoms with Crippen molar-refractivity contribution in [1.29, 1.82) is 0 Å². The summed E-state index contributed by atoms with van der Waals surface area (Å²) in [6.07, 6.45) is 4.01. The first-order valence-corrected chi connectivity index (χ1v) is 11.6. The first-order chi connectivity index (χ1) is 16.5. The minimum Gasteiger partial charge on any atom is -0.489 e. The molecule has 0 spiro atoms. The molecule has 2 aromatic carbocycles. The highest BCUT2D eigenvalue weighted by atomic mass is 35.5. The highest BCUT2D eigenvalue weighted by molar-refractivity contribution is 6.30. The number of nitrogens with one attached hydrogen (secondary N) is 1. The predicted molar refractivity (Wildman–Crippen MR) is 127 cm³/mol. The summed E-state index contributed by atoms with van der Waals surface area (Å²) in [4.78, 5) is 19.1. The van der Waals surface area contributed by atoms with Gasteiger partial charge in [0.25, 0.3) is 0 Å². The van der Waals surface area contributed by atoms with Crippen molar-refractivity contribution in [3.05, 3.63) is 94.8 Å². The average Bonchev–Trinajstić information content (AvgIpc) is 2.85. The Balaban J connectivity index is 1.33. The second kappa shape index (κ2) is 11.4. The van der Waals surface area contributed by atoms with E-state index in [0.29, 0.717) is 36.6 Å². The van der Waals surface area contributed by atoms with Crippen LogP contribution in [0.3, 0.4) is 0 Å². The molecule has 0 saturated carbocycles. The van der Waals surface area contributed by atoms with Gasteiger partial charge in [-0.1, -0.05) is 35.9 Å². The second-order valence-electron chi connectivity index (χ2n) is 8.29. The molecule has 1 fully saturated rings. The average molecular weight is 486 g/mol. The van der Waals surface area contributed by atoms with Crippen molar-refractivity contribution in [2.75, 3.05) is 26.2 Å². The molecule has 4 rings (SSSR count). The number of para-hydroxylation sites is 1. The van der Waals surface area contributed by atoms with E-state index in [1.54, 1.807) is 48.5 Å². The monoisotopic (exact) mass is 485 g/mol. The summed E-state index contributed by atoms with van der Waals surface area (Å²) in [7, 11) is 0. The normalized spacial score (nSPS) is 15.6. The fourth-order valence-corrected chi connectivity index (χ4v) is 4.27. The van der Waals surface area contributed by atoms with Gasteiger partial charge in [-0.05, 0) is 61.8 Å². The zero-order chi connectivity index (χ0) is 23.9. The molecule has 1 saturated heterocycles. The summed E-state index contributed by atoms with van der Waals surface area (Å²) in [5.41, 5.74) is 1.10. The molecule has 0 bridgehead atoms. The summed E-state index contributed by atoms with van der Waals surface area (Å²) in [6.45, 7) is 2.48. The van der Waals surface area contributed by atoms with Crippen LogP contribution in [0.2, 0.25) is 5.02 Å². The Morgan fingerprint density at radius 3 is 2.53 bits per heavy atom. The third-order valence-corrected chi connectivity index (χ3v) is 6.32. The van der Waals surface area contributed by atoms with Gasteiger partial charge < -0.3 is 10.1 Å². The minimum atomic E-state index is -0.639. The topological polar surface area (TPSA) is 54.5 Å². The first-order valence-electron chi connectivity index (χ1n) is 11.3. The Morgan fingerprint density at radius 1 is 1.09 bits per heavy atom. The van der Waals surface area contributed by atoms with Gasteiger partial charge in [-0.25, -0.2) is 8.78 Å². The maximum atomic E-state index is 14.5. The zero-order valence-electron chi connectivity index (χ0n) is 18.6. The van der Waals surface area contributed by atoms with Crippen LogP contribution in [0.4, 0.5) is 8.78 Å². The number of halogens is 3. The van der Waals surface area contributed by atoms with Gasteiger partial charge in [0.15, 0.2) is 11.6 Å². The molecular weight excluding hydrogens is 460 g/mol. The molecule has 1 aliphatic rings. The van der Waals surface area contributed by atoms with E-state index in [1.807, 2.05) is 0 Å². The molecule has 34 heavy (non-hydrogen) atoms. The number of nitrogens with zero attached hydrogens (tertiary/aromatic N) is 2. The second-order valence-corrected chi connectivity index (χ2v) is 8.72. The lowest BCUT2D eigenvalue weighted by atomic mass is 9.93. The third kappa shape index (κ3) is 6.10. The Bertz CT molecular complexity index is 1110. The van der Waals surface area contributed by atoms with Crippen LogP contribution in [0, 0.1) is 17.6 Å². The van der Waals surface area contributed by atoms with Crippen molar-refractivity contribution in [2.45, 2.75) is 18.9 Å². The summed E-state index contributed by atoms with van der Waals surface area (Å²) in [5.74, 6) is -0.902. The number of carbonyl (C=O) groups is 1. The van der Waals surface area contributed by atoms with E-state index in [4.69, 9.17) is 16.3 Å². The summed E-state index contributed by atoms with van der Waals surface area (Å²) in [5, 5.41) is 3.60. The number of amides is 1. The number of rotatable bonds is 8. The van der Waals surface area contributed by atoms with E-state index < -0.39 is 11.9 Å². The van der Waals surface area contributed by atoms with Gasteiger partial charge in [-0.3, -0.25) is 14.7 Å². The number of ether oxygens (including phenoxy) is 1. The number of aromatic nitrogens is 1. The van der Waals surface area contributed by atoms with Gasteiger partial charge >= 0.3 is 0 Å². The van der Waals surface area contributed by atoms with Crippen LogP contribution in [-0.4, -0.2) is 42.0 Å². The van der Waals surface area contributed by atoms with E-state index >= 15 is 0 Å². The number of hydrogen-bond donors (Lipinski definition) is 1. The van der Waals surface area contributed by atoms with E-state index in [-0.39, 0.29) is 23.4 Å². The summed E-state index contributed by atoms with van der Waals surface area (Å²) in [6, 6.07) is 14.3. The number of likely N-dealkylation sites (tertiary alicyclic amines) is 1. The largest absolute Gasteiger partial charge is 0.489 e. The lowest BCUT2D eigenvalue weighted by Gasteiger charge is -2.32. The molecule has 0 aliphatic carbocycles. The molecule has 1 N–H and O–H groups in total. The number of benzene rings is 2. The quantitative estimate of drug-likeness (QED) is 0.487. The molecule has 5 nitrogen and oxygen atoms in total. The third-order valence-electron chi connectivity index (χ3n) is 6.06. The van der Waals surface area contributed by atoms with Crippen molar-refractivity contribution >= 4 is 17.5 Å². The maximum Gasteiger partial charge on any atom is 0.223 e. The predicted octanol–water partition coefficient (Wildman–Crippen LogP) is 5.01. The lowest BCUT2D eigenvalue weighted by Crippen LogP contribution is -2.43. The molecule has 1 amide bonds. The van der Waals surface area contributed by atoms with Crippen LogP contribution >= 0.6 is 11.6 Å². The minimum absolute atomic E-state index is 0.113. The van der Waals surface area contributed by atoms with Crippen molar-refractivity contribution in [3.63, 3.8) is 0 Å². The Labute approximate surface area is 202 Å². The molecule has 1 aliphatic heterocycles. The van der Waals surface area contributed by atoms with Crippen LogP contribution in [0.25, 0.3) is 0 Å². The molecule has 178 valence electrons. The molecule has 2 heterocycles. The molecule has 3 aromatic rings. The first kappa shape index (κ1) is 24.1. The number of pyridine rings is 1. The Kier molecular flexibility index (Phi) is 8.08. The smallest absolute Gasteiger partial charge is 0.223 e. The van der Waals surface area contributed by atoms with Gasteiger partial charge in [0.05, 0.1) is 12.2 Å². The maximum absolute atomic E-state index is 14.5.